The van der Waals surface area contributed by atoms with Crippen LogP contribution in [0.1, 0.15) is 5.56 Å². The average molecular weight is 161 g/mol. The van der Waals surface area contributed by atoms with Gasteiger partial charge in [0.05, 0.1) is 0 Å². The maximum Gasteiger partial charge on any atom is 0.275 e. The number of nitrogens with zero attached hydrogens (tertiary/aromatic N) is 2. The van der Waals surface area contributed by atoms with E-state index in [4.69, 9.17) is 0 Å². The first kappa shape index (κ1) is 6.97. The smallest absolute Gasteiger partial charge is 0.275 e. The Labute approximate surface area is 69.3 Å². The predicted octanol–water partition coefficient (Wildman–Crippen LogP) is 0.453. The van der Waals surface area contributed by atoms with Crippen molar-refractivity contribution >= 4 is 17.4 Å². The van der Waals surface area contributed by atoms with Crippen LogP contribution in [0.5, 0.6) is 0 Å². The van der Waals surface area contributed by atoms with Gasteiger partial charge in [0.15, 0.2) is 0 Å². The Morgan fingerprint density at radius 2 is 2.42 bits per heavy atom. The number of pyridine rings is 1. The third-order valence-electron chi connectivity index (χ3n) is 1.73. The number of hydrogen-bond donors (Lipinski definition) is 1. The van der Waals surface area contributed by atoms with Crippen LogP contribution >= 0.6 is 0 Å². The molecule has 0 spiro atoms. The van der Waals surface area contributed by atoms with Crippen LogP contribution in [0.2, 0.25) is 0 Å². The Balaban J connectivity index is 2.62. The van der Waals surface area contributed by atoms with Crippen molar-refractivity contribution in [2.75, 3.05) is 12.4 Å². The summed E-state index contributed by atoms with van der Waals surface area (Å²) in [5.41, 5.74) is 1.24. The van der Waals surface area contributed by atoms with Crippen molar-refractivity contribution in [1.82, 2.24) is 4.98 Å². The molecule has 0 saturated carbocycles. The highest BCUT2D eigenvalue weighted by Gasteiger charge is 2.25. The molecule has 1 aliphatic heterocycles. The topological polar surface area (TPSA) is 54.4 Å². The van der Waals surface area contributed by atoms with Gasteiger partial charge in [-0.05, 0) is 12.1 Å². The lowest BCUT2D eigenvalue weighted by molar-refractivity contribution is -0.110. The van der Waals surface area contributed by atoms with Crippen molar-refractivity contribution in [3.8, 4) is 0 Å². The molecule has 1 aliphatic rings. The molecule has 0 saturated heterocycles. The molecule has 4 nitrogen and oxygen atoms in total. The summed E-state index contributed by atoms with van der Waals surface area (Å²) in [7, 11) is 1.59. The van der Waals surface area contributed by atoms with Crippen LogP contribution < -0.4 is 5.32 Å². The standard InChI is InChI=1S/C8H7N3O/c1-9-6-5-3-2-4-10-7(5)11-8(6)12/h2-4H,1H3,(H,9,10,11,12). The molecule has 4 heteroatoms. The molecule has 0 fully saturated rings. The van der Waals surface area contributed by atoms with Crippen LogP contribution in [0.15, 0.2) is 23.3 Å². The molecule has 0 aliphatic carbocycles. The number of carbonyl (C=O) groups is 1. The first-order chi connectivity index (χ1) is 5.83. The SMILES string of the molecule is CN=C1C(=O)Nc2ncccc21. The highest BCUT2D eigenvalue weighted by atomic mass is 16.2. The molecule has 0 bridgehead atoms. The first-order valence-corrected chi connectivity index (χ1v) is 3.56. The molecule has 60 valence electrons. The molecule has 0 radical (unpaired) electrons. The number of aromatic nitrogens is 1. The normalized spacial score (nSPS) is 17.8. The third-order valence-corrected chi connectivity index (χ3v) is 1.73. The largest absolute Gasteiger partial charge is 0.305 e. The molecule has 1 aromatic rings. The van der Waals surface area contributed by atoms with Gasteiger partial charge in [-0.15, -0.1) is 0 Å². The van der Waals surface area contributed by atoms with Crippen molar-refractivity contribution in [2.45, 2.75) is 0 Å². The zero-order valence-corrected chi connectivity index (χ0v) is 6.53. The third kappa shape index (κ3) is 0.812. The number of rotatable bonds is 0. The number of amides is 1. The van der Waals surface area contributed by atoms with Crippen LogP contribution in [0, 0.1) is 0 Å². The van der Waals surface area contributed by atoms with Crippen molar-refractivity contribution in [1.29, 1.82) is 0 Å². The van der Waals surface area contributed by atoms with E-state index in [1.807, 2.05) is 6.07 Å². The lowest BCUT2D eigenvalue weighted by Gasteiger charge is -1.92. The fraction of sp³-hybridized carbons (Fsp3) is 0.125. The van der Waals surface area contributed by atoms with Crippen LogP contribution in [-0.2, 0) is 4.79 Å². The van der Waals surface area contributed by atoms with E-state index in [0.29, 0.717) is 11.5 Å². The van der Waals surface area contributed by atoms with Crippen molar-refractivity contribution in [2.24, 2.45) is 4.99 Å². The molecule has 12 heavy (non-hydrogen) atoms. The van der Waals surface area contributed by atoms with E-state index in [2.05, 4.69) is 15.3 Å². The van der Waals surface area contributed by atoms with Gasteiger partial charge in [0, 0.05) is 18.8 Å². The Bertz CT molecular complexity index is 370. The Morgan fingerprint density at radius 1 is 1.58 bits per heavy atom. The van der Waals surface area contributed by atoms with Crippen molar-refractivity contribution < 1.29 is 4.79 Å². The lowest BCUT2D eigenvalue weighted by atomic mass is 10.2. The molecule has 0 atom stereocenters. The fourth-order valence-corrected chi connectivity index (χ4v) is 1.21. The summed E-state index contributed by atoms with van der Waals surface area (Å²) in [5, 5.41) is 2.62. The second kappa shape index (κ2) is 2.41. The minimum atomic E-state index is -0.175. The van der Waals surface area contributed by atoms with Crippen LogP contribution in [-0.4, -0.2) is 23.7 Å². The van der Waals surface area contributed by atoms with Crippen LogP contribution in [0.25, 0.3) is 0 Å². The summed E-state index contributed by atoms with van der Waals surface area (Å²) < 4.78 is 0. The van der Waals surface area contributed by atoms with Gasteiger partial charge in [-0.1, -0.05) is 0 Å². The monoisotopic (exact) mass is 161 g/mol. The Hall–Kier alpha value is -1.71. The molecular weight excluding hydrogens is 154 g/mol. The molecule has 2 rings (SSSR count). The summed E-state index contributed by atoms with van der Waals surface area (Å²) >= 11 is 0. The van der Waals surface area contributed by atoms with Crippen molar-refractivity contribution in [3.05, 3.63) is 23.9 Å². The maximum atomic E-state index is 11.2. The number of carbonyl (C=O) groups excluding carboxylic acids is 1. The van der Waals surface area contributed by atoms with E-state index in [-0.39, 0.29) is 5.91 Å². The number of fused-ring (bicyclic) bond motifs is 1. The van der Waals surface area contributed by atoms with E-state index in [0.717, 1.165) is 5.56 Å². The van der Waals surface area contributed by atoms with Crippen LogP contribution in [0.3, 0.4) is 0 Å². The van der Waals surface area contributed by atoms with Gasteiger partial charge in [-0.3, -0.25) is 9.79 Å². The molecular formula is C8H7N3O. The second-order valence-electron chi connectivity index (χ2n) is 2.43. The summed E-state index contributed by atoms with van der Waals surface area (Å²) in [6.07, 6.45) is 1.64. The first-order valence-electron chi connectivity index (χ1n) is 3.56. The minimum absolute atomic E-state index is 0.175. The second-order valence-corrected chi connectivity index (χ2v) is 2.43. The van der Waals surface area contributed by atoms with Gasteiger partial charge >= 0.3 is 0 Å². The summed E-state index contributed by atoms with van der Waals surface area (Å²) in [6.45, 7) is 0. The molecule has 1 N–H and O–H groups in total. The number of aliphatic imine (C=N–C) groups is 1. The quantitative estimate of drug-likeness (QED) is 0.600. The number of anilines is 1. The van der Waals surface area contributed by atoms with E-state index in [1.165, 1.54) is 0 Å². The number of nitrogens with one attached hydrogen (secondary N) is 1. The summed E-state index contributed by atoms with van der Waals surface area (Å²) in [6, 6.07) is 3.60. The van der Waals surface area contributed by atoms with Gasteiger partial charge in [-0.25, -0.2) is 4.98 Å². The summed E-state index contributed by atoms with van der Waals surface area (Å²) in [4.78, 5) is 19.0. The highest BCUT2D eigenvalue weighted by molar-refractivity contribution is 6.53. The van der Waals surface area contributed by atoms with E-state index in [1.54, 1.807) is 19.3 Å². The van der Waals surface area contributed by atoms with Crippen molar-refractivity contribution in [3.63, 3.8) is 0 Å². The highest BCUT2D eigenvalue weighted by Crippen LogP contribution is 2.19. The predicted molar refractivity (Wildman–Crippen MR) is 45.3 cm³/mol. The van der Waals surface area contributed by atoms with E-state index >= 15 is 0 Å². The van der Waals surface area contributed by atoms with E-state index < -0.39 is 0 Å². The average Bonchev–Trinajstić information content (AvgIpc) is 2.40. The molecule has 1 aromatic heterocycles. The molecule has 0 aromatic carbocycles. The zero-order chi connectivity index (χ0) is 8.55. The summed E-state index contributed by atoms with van der Waals surface area (Å²) in [5.74, 6) is 0.425. The lowest BCUT2D eigenvalue weighted by Crippen LogP contribution is -2.13. The van der Waals surface area contributed by atoms with Gasteiger partial charge in [0.25, 0.3) is 5.91 Å². The molecule has 1 amide bonds. The van der Waals surface area contributed by atoms with Gasteiger partial charge < -0.3 is 5.32 Å². The maximum absolute atomic E-state index is 11.2. The minimum Gasteiger partial charge on any atom is -0.305 e. The zero-order valence-electron chi connectivity index (χ0n) is 6.53. The Morgan fingerprint density at radius 3 is 3.17 bits per heavy atom. The van der Waals surface area contributed by atoms with Gasteiger partial charge in [0.1, 0.15) is 11.5 Å². The van der Waals surface area contributed by atoms with Gasteiger partial charge in [-0.2, -0.15) is 0 Å². The van der Waals surface area contributed by atoms with Gasteiger partial charge in [0.2, 0.25) is 0 Å². The number of hydrogen-bond acceptors (Lipinski definition) is 3. The van der Waals surface area contributed by atoms with E-state index in [9.17, 15) is 4.79 Å². The molecule has 0 unspecified atom stereocenters. The van der Waals surface area contributed by atoms with Crippen LogP contribution in [0.4, 0.5) is 5.82 Å². The fourth-order valence-electron chi connectivity index (χ4n) is 1.21. The molecule has 2 heterocycles. The Kier molecular flexibility index (Phi) is 1.40.